The van der Waals surface area contributed by atoms with Crippen LogP contribution in [0.4, 0.5) is 0 Å². The highest BCUT2D eigenvalue weighted by Gasteiger charge is 2.23. The van der Waals surface area contributed by atoms with Gasteiger partial charge in [-0.05, 0) is 125 Å². The maximum Gasteiger partial charge on any atom is 0.145 e. The van der Waals surface area contributed by atoms with Crippen molar-refractivity contribution in [2.75, 3.05) is 0 Å². The lowest BCUT2D eigenvalue weighted by Crippen LogP contribution is -2.09. The number of para-hydroxylation sites is 1. The van der Waals surface area contributed by atoms with Gasteiger partial charge >= 0.3 is 0 Å². The van der Waals surface area contributed by atoms with E-state index in [-0.39, 0.29) is 0 Å². The molecule has 0 saturated carbocycles. The molecule has 1 heterocycles. The fraction of sp³-hybridized carbons (Fsp3) is 0.0556. The largest absolute Gasteiger partial charge is 0.296 e. The first-order chi connectivity index (χ1) is 27.7. The van der Waals surface area contributed by atoms with Gasteiger partial charge in [0.25, 0.3) is 0 Å². The third kappa shape index (κ3) is 5.37. The van der Waals surface area contributed by atoms with Gasteiger partial charge in [0.2, 0.25) is 0 Å². The van der Waals surface area contributed by atoms with Crippen LogP contribution in [0.15, 0.2) is 188 Å². The van der Waals surface area contributed by atoms with Crippen LogP contribution in [-0.2, 0) is 6.42 Å². The Labute approximate surface area is 326 Å². The lowest BCUT2D eigenvalue weighted by molar-refractivity contribution is 0.688. The van der Waals surface area contributed by atoms with Gasteiger partial charge in [0.05, 0.1) is 11.4 Å². The van der Waals surface area contributed by atoms with Gasteiger partial charge in [0, 0.05) is 11.3 Å². The smallest absolute Gasteiger partial charge is 0.145 e. The second-order valence-corrected chi connectivity index (χ2v) is 15.2. The standard InChI is InChI=1S/C54H38N2/c1-35-19-30-50-51(31-35)56(45-15-3-2-4-16-45)54(55-50)39-24-20-38(21-25-39)42-28-29-48-49(34-42)53(44-27-23-37-12-6-8-14-41(37)33-44)47-18-10-9-17-46(47)52(48)43-26-22-36-11-5-7-13-40(36)32-43/h2-30,32-35H,31H2,1H3. The Balaban J connectivity index is 1.11. The molecule has 1 aliphatic carbocycles. The van der Waals surface area contributed by atoms with Gasteiger partial charge < -0.3 is 0 Å². The summed E-state index contributed by atoms with van der Waals surface area (Å²) in [5, 5.41) is 10.0. The lowest BCUT2D eigenvalue weighted by Gasteiger charge is -2.19. The minimum atomic E-state index is 0.475. The first-order valence-corrected chi connectivity index (χ1v) is 19.6. The molecule has 2 nitrogen and oxygen atoms in total. The van der Waals surface area contributed by atoms with Crippen molar-refractivity contribution >= 4 is 49.2 Å². The summed E-state index contributed by atoms with van der Waals surface area (Å²) in [6, 6.07) is 66.8. The predicted molar refractivity (Wildman–Crippen MR) is 237 cm³/mol. The van der Waals surface area contributed by atoms with E-state index in [1.165, 1.54) is 82.2 Å². The molecule has 10 aromatic rings. The molecule has 0 fully saturated rings. The monoisotopic (exact) mass is 714 g/mol. The molecule has 11 rings (SSSR count). The minimum Gasteiger partial charge on any atom is -0.296 e. The molecule has 0 bridgehead atoms. The van der Waals surface area contributed by atoms with Crippen molar-refractivity contribution in [3.05, 3.63) is 199 Å². The van der Waals surface area contributed by atoms with Crippen molar-refractivity contribution in [1.82, 2.24) is 9.55 Å². The molecule has 0 N–H and O–H groups in total. The van der Waals surface area contributed by atoms with Gasteiger partial charge in [0.15, 0.2) is 0 Å². The molecular formula is C54H38N2. The zero-order valence-corrected chi connectivity index (χ0v) is 31.2. The van der Waals surface area contributed by atoms with Crippen molar-refractivity contribution in [2.45, 2.75) is 13.3 Å². The molecule has 9 aromatic carbocycles. The van der Waals surface area contributed by atoms with Gasteiger partial charge in [-0.2, -0.15) is 0 Å². The first-order valence-electron chi connectivity index (χ1n) is 19.6. The second-order valence-electron chi connectivity index (χ2n) is 15.2. The zero-order valence-electron chi connectivity index (χ0n) is 31.2. The molecule has 1 atom stereocenters. The Morgan fingerprint density at radius 1 is 0.446 bits per heavy atom. The molecule has 1 aliphatic rings. The van der Waals surface area contributed by atoms with Gasteiger partial charge in [-0.25, -0.2) is 4.98 Å². The van der Waals surface area contributed by atoms with Crippen molar-refractivity contribution in [1.29, 1.82) is 0 Å². The van der Waals surface area contributed by atoms with Crippen molar-refractivity contribution in [3.8, 4) is 50.5 Å². The van der Waals surface area contributed by atoms with Crippen LogP contribution in [0, 0.1) is 5.92 Å². The molecule has 0 radical (unpaired) electrons. The summed E-state index contributed by atoms with van der Waals surface area (Å²) in [6.07, 6.45) is 5.44. The Bertz CT molecular complexity index is 3170. The van der Waals surface area contributed by atoms with Crippen LogP contribution in [0.1, 0.15) is 18.3 Å². The third-order valence-corrected chi connectivity index (χ3v) is 11.7. The summed E-state index contributed by atoms with van der Waals surface area (Å²) >= 11 is 0. The van der Waals surface area contributed by atoms with E-state index in [1.807, 2.05) is 0 Å². The SMILES string of the molecule is CC1C=Cc2nc(-c3ccc(-c4ccc5c(-c6ccc7ccccc7c6)c6ccccc6c(-c6ccc7ccccc7c6)c5c4)cc3)n(-c3ccccc3)c2C1. The summed E-state index contributed by atoms with van der Waals surface area (Å²) in [6.45, 7) is 2.28. The van der Waals surface area contributed by atoms with Crippen LogP contribution in [0.25, 0.3) is 99.6 Å². The van der Waals surface area contributed by atoms with Crippen LogP contribution in [0.5, 0.6) is 0 Å². The summed E-state index contributed by atoms with van der Waals surface area (Å²) in [5.41, 5.74) is 11.9. The number of allylic oxidation sites excluding steroid dienone is 1. The molecule has 56 heavy (non-hydrogen) atoms. The van der Waals surface area contributed by atoms with Crippen LogP contribution < -0.4 is 0 Å². The molecule has 0 aliphatic heterocycles. The topological polar surface area (TPSA) is 17.8 Å². The summed E-state index contributed by atoms with van der Waals surface area (Å²) in [5.74, 6) is 1.46. The number of nitrogens with zero attached hydrogens (tertiary/aromatic N) is 2. The molecule has 2 heteroatoms. The van der Waals surface area contributed by atoms with Crippen LogP contribution >= 0.6 is 0 Å². The Morgan fingerprint density at radius 3 is 1.62 bits per heavy atom. The number of benzene rings is 9. The molecule has 1 unspecified atom stereocenters. The Kier molecular flexibility index (Phi) is 7.57. The van der Waals surface area contributed by atoms with Crippen LogP contribution in [-0.4, -0.2) is 9.55 Å². The van der Waals surface area contributed by atoms with Crippen LogP contribution in [0.2, 0.25) is 0 Å². The fourth-order valence-corrected chi connectivity index (χ4v) is 8.96. The average molecular weight is 715 g/mol. The van der Waals surface area contributed by atoms with E-state index in [9.17, 15) is 0 Å². The maximum absolute atomic E-state index is 5.20. The quantitative estimate of drug-likeness (QED) is 0.162. The maximum atomic E-state index is 5.20. The molecule has 264 valence electrons. The fourth-order valence-electron chi connectivity index (χ4n) is 8.96. The number of aromatic nitrogens is 2. The third-order valence-electron chi connectivity index (χ3n) is 11.7. The summed E-state index contributed by atoms with van der Waals surface area (Å²) in [7, 11) is 0. The molecule has 1 aromatic heterocycles. The van der Waals surface area contributed by atoms with E-state index < -0.39 is 0 Å². The highest BCUT2D eigenvalue weighted by molar-refractivity contribution is 6.22. The van der Waals surface area contributed by atoms with E-state index in [0.717, 1.165) is 29.2 Å². The average Bonchev–Trinajstić information content (AvgIpc) is 3.64. The van der Waals surface area contributed by atoms with Crippen molar-refractivity contribution < 1.29 is 0 Å². The molecule has 0 spiro atoms. The van der Waals surface area contributed by atoms with E-state index in [2.05, 4.69) is 206 Å². The number of imidazole rings is 1. The van der Waals surface area contributed by atoms with Gasteiger partial charge in [-0.1, -0.05) is 165 Å². The summed E-state index contributed by atoms with van der Waals surface area (Å²) in [4.78, 5) is 5.20. The van der Waals surface area contributed by atoms with Gasteiger partial charge in [0.1, 0.15) is 5.82 Å². The number of rotatable bonds is 5. The summed E-state index contributed by atoms with van der Waals surface area (Å²) < 4.78 is 2.36. The first kappa shape index (κ1) is 32.4. The van der Waals surface area contributed by atoms with E-state index in [1.54, 1.807) is 0 Å². The molecule has 0 amide bonds. The zero-order chi connectivity index (χ0) is 37.2. The van der Waals surface area contributed by atoms with E-state index in [0.29, 0.717) is 5.92 Å². The minimum absolute atomic E-state index is 0.475. The highest BCUT2D eigenvalue weighted by Crippen LogP contribution is 2.46. The number of hydrogen-bond acceptors (Lipinski definition) is 1. The predicted octanol–water partition coefficient (Wildman–Crippen LogP) is 14.4. The van der Waals surface area contributed by atoms with Crippen molar-refractivity contribution in [3.63, 3.8) is 0 Å². The van der Waals surface area contributed by atoms with Gasteiger partial charge in [-0.15, -0.1) is 0 Å². The second kappa shape index (κ2) is 13.1. The van der Waals surface area contributed by atoms with Gasteiger partial charge in [-0.3, -0.25) is 4.57 Å². The highest BCUT2D eigenvalue weighted by atomic mass is 15.1. The van der Waals surface area contributed by atoms with E-state index >= 15 is 0 Å². The molecular weight excluding hydrogens is 677 g/mol. The van der Waals surface area contributed by atoms with E-state index in [4.69, 9.17) is 4.98 Å². The Morgan fingerprint density at radius 2 is 0.964 bits per heavy atom. The Hall–Kier alpha value is -7.03. The van der Waals surface area contributed by atoms with Crippen molar-refractivity contribution in [2.24, 2.45) is 5.92 Å². The number of fused-ring (bicyclic) bond motifs is 5. The normalized spacial score (nSPS) is 13.8. The number of hydrogen-bond donors (Lipinski definition) is 0. The molecule has 0 saturated heterocycles. The lowest BCUT2D eigenvalue weighted by atomic mass is 9.84. The van der Waals surface area contributed by atoms with Crippen LogP contribution in [0.3, 0.4) is 0 Å².